The van der Waals surface area contributed by atoms with E-state index in [0.717, 1.165) is 25.7 Å². The first-order chi connectivity index (χ1) is 8.77. The van der Waals surface area contributed by atoms with Crippen LogP contribution in [0.3, 0.4) is 0 Å². The Kier molecular flexibility index (Phi) is 4.34. The van der Waals surface area contributed by atoms with Gasteiger partial charge in [0.15, 0.2) is 0 Å². The lowest BCUT2D eigenvalue weighted by molar-refractivity contribution is -0.126. The molecule has 1 aliphatic rings. The molecular formula is C14H17N2O2. The Balaban J connectivity index is 1.80. The monoisotopic (exact) mass is 245 g/mol. The summed E-state index contributed by atoms with van der Waals surface area (Å²) < 4.78 is 0. The average molecular weight is 245 g/mol. The third kappa shape index (κ3) is 3.32. The number of carbonyl (C=O) groups is 2. The third-order valence-electron chi connectivity index (χ3n) is 3.26. The summed E-state index contributed by atoms with van der Waals surface area (Å²) in [6.07, 6.45) is 5.18. The van der Waals surface area contributed by atoms with E-state index in [1.165, 1.54) is 6.42 Å². The molecule has 0 bridgehead atoms. The highest BCUT2D eigenvalue weighted by atomic mass is 16.2. The number of hydrogen-bond acceptors (Lipinski definition) is 2. The number of carbonyl (C=O) groups excluding carboxylic acids is 2. The number of benzene rings is 1. The van der Waals surface area contributed by atoms with Gasteiger partial charge in [-0.2, -0.15) is 0 Å². The van der Waals surface area contributed by atoms with Gasteiger partial charge < -0.3 is 0 Å². The molecule has 2 rings (SSSR count). The highest BCUT2D eigenvalue weighted by Crippen LogP contribution is 2.23. The molecule has 1 aromatic rings. The molecule has 0 aliphatic heterocycles. The highest BCUT2D eigenvalue weighted by Gasteiger charge is 2.21. The van der Waals surface area contributed by atoms with Crippen molar-refractivity contribution in [3.63, 3.8) is 0 Å². The standard InChI is InChI=1S/C14H17N2O2/c17-13(11-7-3-1-4-8-11)15-16-14(18)12-9-5-2-6-10-12/h1,3-4,7-8,12H,2,5-6,9-10H2,(H,16,18). The van der Waals surface area contributed by atoms with Crippen LogP contribution in [0.5, 0.6) is 0 Å². The first-order valence-corrected chi connectivity index (χ1v) is 6.37. The molecule has 1 N–H and O–H groups in total. The molecule has 1 radical (unpaired) electrons. The van der Waals surface area contributed by atoms with E-state index in [4.69, 9.17) is 0 Å². The molecule has 0 unspecified atom stereocenters. The van der Waals surface area contributed by atoms with E-state index >= 15 is 0 Å². The Labute approximate surface area is 107 Å². The molecule has 0 heterocycles. The zero-order chi connectivity index (χ0) is 12.8. The molecule has 2 amide bonds. The number of rotatable bonds is 2. The SMILES string of the molecule is O=C([N]NC(=O)C1CCCCC1)c1ccccc1. The van der Waals surface area contributed by atoms with Gasteiger partial charge in [0, 0.05) is 11.5 Å². The predicted molar refractivity (Wildman–Crippen MR) is 67.6 cm³/mol. The van der Waals surface area contributed by atoms with Crippen molar-refractivity contribution in [1.82, 2.24) is 10.9 Å². The van der Waals surface area contributed by atoms with E-state index in [-0.39, 0.29) is 11.8 Å². The molecule has 0 saturated heterocycles. The van der Waals surface area contributed by atoms with Crippen LogP contribution in [0.4, 0.5) is 0 Å². The van der Waals surface area contributed by atoms with Gasteiger partial charge in [0.25, 0.3) is 5.91 Å². The lowest BCUT2D eigenvalue weighted by Gasteiger charge is -2.19. The van der Waals surface area contributed by atoms with E-state index in [1.54, 1.807) is 24.3 Å². The van der Waals surface area contributed by atoms with Crippen molar-refractivity contribution < 1.29 is 9.59 Å². The second kappa shape index (κ2) is 6.19. The number of hydrogen-bond donors (Lipinski definition) is 1. The Bertz CT molecular complexity index is 411. The second-order valence-electron chi connectivity index (χ2n) is 4.59. The van der Waals surface area contributed by atoms with Gasteiger partial charge in [-0.15, -0.1) is 5.43 Å². The number of nitrogens with zero attached hydrogens (tertiary/aromatic N) is 1. The second-order valence-corrected chi connectivity index (χ2v) is 4.59. The predicted octanol–water partition coefficient (Wildman–Crippen LogP) is 2.04. The van der Waals surface area contributed by atoms with Crippen molar-refractivity contribution >= 4 is 11.8 Å². The fourth-order valence-corrected chi connectivity index (χ4v) is 2.21. The smallest absolute Gasteiger partial charge is 0.273 e. The summed E-state index contributed by atoms with van der Waals surface area (Å²) in [6, 6.07) is 8.73. The zero-order valence-corrected chi connectivity index (χ0v) is 10.3. The molecule has 18 heavy (non-hydrogen) atoms. The minimum absolute atomic E-state index is 0.0195. The van der Waals surface area contributed by atoms with Crippen molar-refractivity contribution in [3.8, 4) is 0 Å². The van der Waals surface area contributed by atoms with E-state index < -0.39 is 5.91 Å². The lowest BCUT2D eigenvalue weighted by atomic mass is 9.89. The van der Waals surface area contributed by atoms with Gasteiger partial charge in [0.05, 0.1) is 0 Å². The summed E-state index contributed by atoms with van der Waals surface area (Å²) in [4.78, 5) is 23.4. The van der Waals surface area contributed by atoms with Crippen LogP contribution in [0.25, 0.3) is 0 Å². The molecule has 1 aliphatic carbocycles. The quantitative estimate of drug-likeness (QED) is 0.810. The highest BCUT2D eigenvalue weighted by molar-refractivity contribution is 5.95. The minimum Gasteiger partial charge on any atom is -0.273 e. The molecule has 95 valence electrons. The number of nitrogens with one attached hydrogen (secondary N) is 1. The minimum atomic E-state index is -0.403. The van der Waals surface area contributed by atoms with Gasteiger partial charge in [-0.05, 0) is 25.0 Å². The van der Waals surface area contributed by atoms with Crippen LogP contribution in [0.15, 0.2) is 30.3 Å². The largest absolute Gasteiger partial charge is 0.293 e. The Hall–Kier alpha value is -1.84. The van der Waals surface area contributed by atoms with Crippen molar-refractivity contribution in [1.29, 1.82) is 0 Å². The molecule has 1 fully saturated rings. The summed E-state index contributed by atoms with van der Waals surface area (Å²) in [5.74, 6) is -0.509. The fourth-order valence-electron chi connectivity index (χ4n) is 2.21. The third-order valence-corrected chi connectivity index (χ3v) is 3.26. The van der Waals surface area contributed by atoms with Gasteiger partial charge in [-0.1, -0.05) is 37.5 Å². The van der Waals surface area contributed by atoms with Crippen LogP contribution in [0.2, 0.25) is 0 Å². The van der Waals surface area contributed by atoms with E-state index in [2.05, 4.69) is 10.9 Å². The fraction of sp³-hybridized carbons (Fsp3) is 0.429. The molecular weight excluding hydrogens is 228 g/mol. The van der Waals surface area contributed by atoms with Gasteiger partial charge in [0.1, 0.15) is 0 Å². The van der Waals surface area contributed by atoms with Crippen molar-refractivity contribution in [3.05, 3.63) is 35.9 Å². The molecule has 4 heteroatoms. The normalized spacial score (nSPS) is 16.0. The zero-order valence-electron chi connectivity index (χ0n) is 10.3. The Morgan fingerprint density at radius 1 is 1.06 bits per heavy atom. The Morgan fingerprint density at radius 3 is 2.39 bits per heavy atom. The topological polar surface area (TPSA) is 60.3 Å². The summed E-state index contributed by atoms with van der Waals surface area (Å²) >= 11 is 0. The van der Waals surface area contributed by atoms with Crippen LogP contribution in [0.1, 0.15) is 42.5 Å². The summed E-state index contributed by atoms with van der Waals surface area (Å²) in [5.41, 5.74) is 6.51. The van der Waals surface area contributed by atoms with Crippen molar-refractivity contribution in [2.45, 2.75) is 32.1 Å². The maximum atomic E-state index is 11.8. The van der Waals surface area contributed by atoms with E-state index in [1.807, 2.05) is 6.07 Å². The lowest BCUT2D eigenvalue weighted by Crippen LogP contribution is -2.39. The molecule has 1 saturated carbocycles. The maximum absolute atomic E-state index is 11.8. The molecule has 4 nitrogen and oxygen atoms in total. The van der Waals surface area contributed by atoms with Gasteiger partial charge >= 0.3 is 0 Å². The first kappa shape index (κ1) is 12.6. The molecule has 0 spiro atoms. The van der Waals surface area contributed by atoms with Crippen LogP contribution in [0, 0.1) is 5.92 Å². The van der Waals surface area contributed by atoms with Gasteiger partial charge in [-0.25, -0.2) is 5.43 Å². The van der Waals surface area contributed by atoms with Crippen LogP contribution >= 0.6 is 0 Å². The first-order valence-electron chi connectivity index (χ1n) is 6.37. The molecule has 1 aromatic carbocycles. The van der Waals surface area contributed by atoms with Gasteiger partial charge in [0.2, 0.25) is 5.91 Å². The van der Waals surface area contributed by atoms with E-state index in [0.29, 0.717) is 5.56 Å². The summed E-state index contributed by atoms with van der Waals surface area (Å²) in [6.45, 7) is 0. The maximum Gasteiger partial charge on any atom is 0.293 e. The van der Waals surface area contributed by atoms with Crippen LogP contribution in [-0.4, -0.2) is 11.8 Å². The molecule has 0 atom stereocenters. The summed E-state index contributed by atoms with van der Waals surface area (Å²) in [7, 11) is 0. The Morgan fingerprint density at radius 2 is 1.72 bits per heavy atom. The van der Waals surface area contributed by atoms with Crippen molar-refractivity contribution in [2.75, 3.05) is 0 Å². The summed E-state index contributed by atoms with van der Waals surface area (Å²) in [5, 5.41) is 0. The number of amides is 2. The average Bonchev–Trinajstić information content (AvgIpc) is 2.46. The van der Waals surface area contributed by atoms with Crippen LogP contribution in [-0.2, 0) is 4.79 Å². The van der Waals surface area contributed by atoms with E-state index in [9.17, 15) is 9.59 Å². The molecule has 0 aromatic heterocycles. The van der Waals surface area contributed by atoms with Crippen molar-refractivity contribution in [2.24, 2.45) is 5.92 Å². The van der Waals surface area contributed by atoms with Crippen LogP contribution < -0.4 is 10.9 Å². The van der Waals surface area contributed by atoms with Gasteiger partial charge in [-0.3, -0.25) is 9.59 Å².